The van der Waals surface area contributed by atoms with E-state index in [1.165, 1.54) is 90.4 Å². The van der Waals surface area contributed by atoms with Gasteiger partial charge in [-0.05, 0) is 113 Å². The number of fused-ring (bicyclic) bond motifs is 4. The molecule has 4 heteroatoms. The standard InChI is InChI=1S/C31H42N2S2/c1-22-16-23-18-24(17-22)21-31(2,20-23)35-26-11-12-30-28(19-26)33(27-9-4-5-10-29(27)34-30)15-13-25-8-6-7-14-32(25)3/h4-5,9-12,19,22-25H,6-8,13-18,20-21H2,1-3H3. The van der Waals surface area contributed by atoms with Crippen LogP contribution in [0.25, 0.3) is 0 Å². The van der Waals surface area contributed by atoms with Gasteiger partial charge in [-0.2, -0.15) is 0 Å². The number of hydrogen-bond acceptors (Lipinski definition) is 4. The van der Waals surface area contributed by atoms with Crippen LogP contribution in [0, 0.1) is 17.8 Å². The number of thioether (sulfide) groups is 1. The second kappa shape index (κ2) is 9.99. The van der Waals surface area contributed by atoms with Gasteiger partial charge in [0.1, 0.15) is 0 Å². The number of likely N-dealkylation sites (tertiary alicyclic amines) is 1. The minimum absolute atomic E-state index is 0.386. The Hall–Kier alpha value is -1.10. The molecule has 2 heterocycles. The molecule has 0 radical (unpaired) electrons. The summed E-state index contributed by atoms with van der Waals surface area (Å²) in [4.78, 5) is 9.54. The van der Waals surface area contributed by atoms with Crippen molar-refractivity contribution in [3.8, 4) is 0 Å². The molecule has 0 aromatic heterocycles. The van der Waals surface area contributed by atoms with Crippen molar-refractivity contribution in [2.75, 3.05) is 25.0 Å². The maximum absolute atomic E-state index is 2.65. The molecule has 188 valence electrons. The second-order valence-electron chi connectivity index (χ2n) is 12.3. The fourth-order valence-corrected chi connectivity index (χ4v) is 10.4. The van der Waals surface area contributed by atoms with Crippen LogP contribution in [0.4, 0.5) is 11.4 Å². The van der Waals surface area contributed by atoms with Crippen LogP contribution in [-0.2, 0) is 0 Å². The molecule has 2 saturated carbocycles. The van der Waals surface area contributed by atoms with Gasteiger partial charge in [0.15, 0.2) is 0 Å². The van der Waals surface area contributed by atoms with E-state index in [1.807, 2.05) is 11.8 Å². The van der Waals surface area contributed by atoms with E-state index in [1.54, 1.807) is 0 Å². The molecule has 1 saturated heterocycles. The summed E-state index contributed by atoms with van der Waals surface area (Å²) in [6.07, 6.45) is 12.5. The minimum atomic E-state index is 0.386. The lowest BCUT2D eigenvalue weighted by atomic mass is 9.65. The third kappa shape index (κ3) is 5.18. The van der Waals surface area contributed by atoms with Crippen LogP contribution in [0.15, 0.2) is 57.2 Å². The third-order valence-corrected chi connectivity index (χ3v) is 11.6. The predicted octanol–water partition coefficient (Wildman–Crippen LogP) is 8.86. The molecule has 2 aromatic rings. The van der Waals surface area contributed by atoms with Crippen molar-refractivity contribution < 1.29 is 0 Å². The van der Waals surface area contributed by atoms with Crippen molar-refractivity contribution >= 4 is 34.9 Å². The molecule has 0 spiro atoms. The van der Waals surface area contributed by atoms with E-state index in [-0.39, 0.29) is 0 Å². The van der Waals surface area contributed by atoms with Crippen molar-refractivity contribution in [2.45, 2.75) is 97.1 Å². The molecule has 0 amide bonds. The van der Waals surface area contributed by atoms with E-state index in [4.69, 9.17) is 0 Å². The number of piperidine rings is 1. The normalized spacial score (nSPS) is 32.7. The van der Waals surface area contributed by atoms with Crippen LogP contribution >= 0.6 is 23.5 Å². The molecule has 3 unspecified atom stereocenters. The van der Waals surface area contributed by atoms with Gasteiger partial charge in [-0.25, -0.2) is 0 Å². The van der Waals surface area contributed by atoms with Crippen LogP contribution in [0.3, 0.4) is 0 Å². The zero-order chi connectivity index (χ0) is 24.0. The number of para-hydroxylation sites is 1. The zero-order valence-corrected chi connectivity index (χ0v) is 23.5. The van der Waals surface area contributed by atoms with E-state index in [0.29, 0.717) is 4.75 Å². The fraction of sp³-hybridized carbons (Fsp3) is 0.613. The van der Waals surface area contributed by atoms with Gasteiger partial charge in [0.05, 0.1) is 11.4 Å². The smallest absolute Gasteiger partial charge is 0.0564 e. The van der Waals surface area contributed by atoms with Gasteiger partial charge in [-0.1, -0.05) is 44.2 Å². The van der Waals surface area contributed by atoms with E-state index in [2.05, 4.69) is 84.9 Å². The molecule has 2 aliphatic carbocycles. The Labute approximate surface area is 221 Å². The highest BCUT2D eigenvalue weighted by Crippen LogP contribution is 2.55. The Balaban J connectivity index is 1.25. The van der Waals surface area contributed by atoms with Crippen LogP contribution in [0.2, 0.25) is 0 Å². The van der Waals surface area contributed by atoms with Crippen molar-refractivity contribution in [3.63, 3.8) is 0 Å². The summed E-state index contributed by atoms with van der Waals surface area (Å²) in [6.45, 7) is 7.40. The fourth-order valence-electron chi connectivity index (χ4n) is 7.80. The first-order valence-electron chi connectivity index (χ1n) is 14.0. The zero-order valence-electron chi connectivity index (χ0n) is 21.8. The summed E-state index contributed by atoms with van der Waals surface area (Å²) >= 11 is 4.14. The highest BCUT2D eigenvalue weighted by Gasteiger charge is 2.41. The Morgan fingerprint density at radius 1 is 0.971 bits per heavy atom. The molecule has 3 atom stereocenters. The van der Waals surface area contributed by atoms with Crippen molar-refractivity contribution in [1.82, 2.24) is 4.90 Å². The number of benzene rings is 2. The predicted molar refractivity (Wildman–Crippen MR) is 152 cm³/mol. The Morgan fingerprint density at radius 2 is 1.74 bits per heavy atom. The van der Waals surface area contributed by atoms with E-state index >= 15 is 0 Å². The molecule has 2 aliphatic heterocycles. The maximum atomic E-state index is 2.65. The molecule has 4 aliphatic rings. The quantitative estimate of drug-likeness (QED) is 0.399. The molecular weight excluding hydrogens is 464 g/mol. The monoisotopic (exact) mass is 506 g/mol. The molecule has 0 N–H and O–H groups in total. The number of hydrogen-bond donors (Lipinski definition) is 0. The summed E-state index contributed by atoms with van der Waals surface area (Å²) in [6, 6.07) is 17.1. The largest absolute Gasteiger partial charge is 0.340 e. The topological polar surface area (TPSA) is 6.48 Å². The SMILES string of the molecule is CC1CC2CC(C1)CC(C)(Sc1ccc3c(c1)N(CCC1CCCCN1C)c1ccccc1S3)C2. The molecule has 6 rings (SSSR count). The average molecular weight is 507 g/mol. The molecule has 2 nitrogen and oxygen atoms in total. The molecule has 35 heavy (non-hydrogen) atoms. The maximum Gasteiger partial charge on any atom is 0.0564 e. The second-order valence-corrected chi connectivity index (χ2v) is 15.0. The van der Waals surface area contributed by atoms with Gasteiger partial charge in [0, 0.05) is 32.0 Å². The van der Waals surface area contributed by atoms with Gasteiger partial charge in [-0.15, -0.1) is 11.8 Å². The molecule has 2 bridgehead atoms. The van der Waals surface area contributed by atoms with E-state index in [0.717, 1.165) is 30.3 Å². The molecular formula is C31H42N2S2. The summed E-state index contributed by atoms with van der Waals surface area (Å²) in [7, 11) is 2.33. The van der Waals surface area contributed by atoms with Gasteiger partial charge in [0.25, 0.3) is 0 Å². The van der Waals surface area contributed by atoms with Crippen molar-refractivity contribution in [2.24, 2.45) is 17.8 Å². The lowest BCUT2D eigenvalue weighted by Gasteiger charge is -2.47. The van der Waals surface area contributed by atoms with Gasteiger partial charge >= 0.3 is 0 Å². The van der Waals surface area contributed by atoms with Gasteiger partial charge < -0.3 is 9.80 Å². The first-order chi connectivity index (χ1) is 17.0. The lowest BCUT2D eigenvalue weighted by molar-refractivity contribution is 0.124. The van der Waals surface area contributed by atoms with Crippen LogP contribution in [-0.4, -0.2) is 35.8 Å². The van der Waals surface area contributed by atoms with Crippen molar-refractivity contribution in [3.05, 3.63) is 42.5 Å². The summed E-state index contributed by atoms with van der Waals surface area (Å²) in [5, 5.41) is 0. The van der Waals surface area contributed by atoms with E-state index in [9.17, 15) is 0 Å². The molecule has 2 aromatic carbocycles. The minimum Gasteiger partial charge on any atom is -0.340 e. The number of rotatable bonds is 5. The first kappa shape index (κ1) is 24.2. The first-order valence-corrected chi connectivity index (χ1v) is 15.7. The number of nitrogens with zero attached hydrogens (tertiary/aromatic N) is 2. The Morgan fingerprint density at radius 3 is 2.54 bits per heavy atom. The molecule has 3 fully saturated rings. The van der Waals surface area contributed by atoms with Crippen LogP contribution in [0.5, 0.6) is 0 Å². The Kier molecular flexibility index (Phi) is 6.92. The summed E-state index contributed by atoms with van der Waals surface area (Å²) in [5.74, 6) is 2.82. The highest BCUT2D eigenvalue weighted by molar-refractivity contribution is 8.00. The summed E-state index contributed by atoms with van der Waals surface area (Å²) in [5.41, 5.74) is 2.84. The van der Waals surface area contributed by atoms with Gasteiger partial charge in [-0.3, -0.25) is 0 Å². The number of anilines is 2. The van der Waals surface area contributed by atoms with Gasteiger partial charge in [0.2, 0.25) is 0 Å². The average Bonchev–Trinajstić information content (AvgIpc) is 2.81. The summed E-state index contributed by atoms with van der Waals surface area (Å²) < 4.78 is 0.386. The Bertz CT molecular complexity index is 1030. The third-order valence-electron chi connectivity index (χ3n) is 9.15. The van der Waals surface area contributed by atoms with E-state index < -0.39 is 0 Å². The lowest BCUT2D eigenvalue weighted by Crippen LogP contribution is -2.38. The van der Waals surface area contributed by atoms with Crippen molar-refractivity contribution in [1.29, 1.82) is 0 Å². The van der Waals surface area contributed by atoms with Crippen LogP contribution < -0.4 is 4.90 Å². The highest BCUT2D eigenvalue weighted by atomic mass is 32.2. The van der Waals surface area contributed by atoms with Crippen LogP contribution in [0.1, 0.15) is 71.6 Å².